The third-order valence-corrected chi connectivity index (χ3v) is 5.37. The number of likely N-dealkylation sites (tertiary alicyclic amines) is 1. The molecule has 0 saturated carbocycles. The minimum Gasteiger partial charge on any atom is -0.497 e. The van der Waals surface area contributed by atoms with Gasteiger partial charge in [-0.25, -0.2) is 4.79 Å². The Hall–Kier alpha value is -1.79. The van der Waals surface area contributed by atoms with Gasteiger partial charge in [0.25, 0.3) is 0 Å². The molecule has 6 heteroatoms. The van der Waals surface area contributed by atoms with E-state index in [1.54, 1.807) is 7.11 Å². The zero-order valence-electron chi connectivity index (χ0n) is 15.4. The van der Waals surface area contributed by atoms with E-state index < -0.39 is 0 Å². The maximum Gasteiger partial charge on any atom is 0.321 e. The van der Waals surface area contributed by atoms with Crippen molar-refractivity contribution in [1.29, 1.82) is 0 Å². The number of hydrogen-bond acceptors (Lipinski definition) is 4. The Morgan fingerprint density at radius 3 is 2.72 bits per heavy atom. The molecule has 0 bridgehead atoms. The first-order valence-corrected chi connectivity index (χ1v) is 9.28. The number of carbonyl (C=O) groups is 1. The van der Waals surface area contributed by atoms with Gasteiger partial charge in [-0.1, -0.05) is 12.5 Å². The van der Waals surface area contributed by atoms with E-state index >= 15 is 0 Å². The quantitative estimate of drug-likeness (QED) is 0.909. The van der Waals surface area contributed by atoms with Crippen LogP contribution < -0.4 is 10.1 Å². The summed E-state index contributed by atoms with van der Waals surface area (Å²) in [7, 11) is 3.87. The molecule has 0 spiro atoms. The van der Waals surface area contributed by atoms with Gasteiger partial charge < -0.3 is 19.9 Å². The van der Waals surface area contributed by atoms with E-state index in [0.29, 0.717) is 6.04 Å². The third kappa shape index (κ3) is 4.86. The first-order chi connectivity index (χ1) is 12.2. The summed E-state index contributed by atoms with van der Waals surface area (Å²) in [5.74, 6) is 0.749. The van der Waals surface area contributed by atoms with E-state index in [9.17, 15) is 4.79 Å². The van der Waals surface area contributed by atoms with Gasteiger partial charge in [0.2, 0.25) is 0 Å². The molecule has 138 valence electrons. The Kier molecular flexibility index (Phi) is 6.15. The van der Waals surface area contributed by atoms with Gasteiger partial charge in [0.05, 0.1) is 7.11 Å². The number of rotatable bonds is 4. The normalized spacial score (nSPS) is 22.6. The zero-order valence-corrected chi connectivity index (χ0v) is 15.4. The van der Waals surface area contributed by atoms with Gasteiger partial charge in [0.15, 0.2) is 0 Å². The van der Waals surface area contributed by atoms with Crippen molar-refractivity contribution < 1.29 is 9.53 Å². The van der Waals surface area contributed by atoms with E-state index in [1.807, 2.05) is 29.2 Å². The first-order valence-electron chi connectivity index (χ1n) is 9.28. The minimum absolute atomic E-state index is 0.0253. The highest BCUT2D eigenvalue weighted by molar-refractivity contribution is 5.89. The molecule has 2 fully saturated rings. The second-order valence-corrected chi connectivity index (χ2v) is 7.08. The molecule has 6 nitrogen and oxygen atoms in total. The Morgan fingerprint density at radius 2 is 2.00 bits per heavy atom. The second kappa shape index (κ2) is 8.54. The molecular weight excluding hydrogens is 316 g/mol. The average molecular weight is 346 g/mol. The topological polar surface area (TPSA) is 48.1 Å². The van der Waals surface area contributed by atoms with Gasteiger partial charge in [-0.2, -0.15) is 0 Å². The SMILES string of the molecule is COc1cccc(NC(=O)N2CCN(C[C@H]3CCCCN3C)CC2)c1. The maximum atomic E-state index is 12.5. The molecule has 0 radical (unpaired) electrons. The van der Waals surface area contributed by atoms with Crippen LogP contribution in [0.2, 0.25) is 0 Å². The fourth-order valence-electron chi connectivity index (χ4n) is 3.71. The Balaban J connectivity index is 1.45. The van der Waals surface area contributed by atoms with Crippen LogP contribution in [0.15, 0.2) is 24.3 Å². The van der Waals surface area contributed by atoms with Crippen LogP contribution in [0.4, 0.5) is 10.5 Å². The van der Waals surface area contributed by atoms with Crippen molar-refractivity contribution in [3.05, 3.63) is 24.3 Å². The van der Waals surface area contributed by atoms with Gasteiger partial charge in [0.1, 0.15) is 5.75 Å². The van der Waals surface area contributed by atoms with E-state index in [2.05, 4.69) is 22.2 Å². The molecule has 0 aromatic heterocycles. The molecule has 25 heavy (non-hydrogen) atoms. The van der Waals surface area contributed by atoms with E-state index in [-0.39, 0.29) is 6.03 Å². The fourth-order valence-corrected chi connectivity index (χ4v) is 3.71. The van der Waals surface area contributed by atoms with Crippen molar-refractivity contribution >= 4 is 11.7 Å². The summed E-state index contributed by atoms with van der Waals surface area (Å²) in [5.41, 5.74) is 0.774. The monoisotopic (exact) mass is 346 g/mol. The number of carbonyl (C=O) groups excluding carboxylic acids is 1. The van der Waals surface area contributed by atoms with Crippen LogP contribution in [0.1, 0.15) is 19.3 Å². The number of ether oxygens (including phenoxy) is 1. The summed E-state index contributed by atoms with van der Waals surface area (Å²) in [6.07, 6.45) is 3.97. The molecule has 2 aliphatic rings. The molecule has 1 aromatic carbocycles. The molecule has 1 atom stereocenters. The number of urea groups is 1. The van der Waals surface area contributed by atoms with Crippen LogP contribution >= 0.6 is 0 Å². The number of hydrogen-bond donors (Lipinski definition) is 1. The molecule has 1 N–H and O–H groups in total. The predicted molar refractivity (Wildman–Crippen MR) is 100 cm³/mol. The molecule has 2 heterocycles. The van der Waals surface area contributed by atoms with Crippen LogP contribution in [0.5, 0.6) is 5.75 Å². The average Bonchev–Trinajstić information content (AvgIpc) is 2.64. The van der Waals surface area contributed by atoms with Crippen LogP contribution in [0.25, 0.3) is 0 Å². The van der Waals surface area contributed by atoms with Gasteiger partial charge in [0, 0.05) is 50.5 Å². The lowest BCUT2D eigenvalue weighted by atomic mass is 10.0. The van der Waals surface area contributed by atoms with Crippen LogP contribution in [-0.4, -0.2) is 80.2 Å². The van der Waals surface area contributed by atoms with E-state index in [4.69, 9.17) is 4.74 Å². The highest BCUT2D eigenvalue weighted by atomic mass is 16.5. The molecular formula is C19H30N4O2. The Labute approximate surface area is 150 Å². The lowest BCUT2D eigenvalue weighted by Gasteiger charge is -2.40. The lowest BCUT2D eigenvalue weighted by molar-refractivity contribution is 0.0956. The van der Waals surface area contributed by atoms with Gasteiger partial charge in [-0.15, -0.1) is 0 Å². The standard InChI is InChI=1S/C19H30N4O2/c1-21-9-4-3-7-17(21)15-22-10-12-23(13-11-22)19(24)20-16-6-5-8-18(14-16)25-2/h5-6,8,14,17H,3-4,7,9-13,15H2,1-2H3,(H,20,24)/t17-/m1/s1. The van der Waals surface area contributed by atoms with Crippen molar-refractivity contribution in [3.8, 4) is 5.75 Å². The molecule has 2 amide bonds. The van der Waals surface area contributed by atoms with E-state index in [0.717, 1.165) is 44.2 Å². The summed E-state index contributed by atoms with van der Waals surface area (Å²) in [4.78, 5) is 19.4. The number of nitrogens with one attached hydrogen (secondary N) is 1. The van der Waals surface area contributed by atoms with Crippen molar-refractivity contribution in [2.24, 2.45) is 0 Å². The largest absolute Gasteiger partial charge is 0.497 e. The Bertz CT molecular complexity index is 572. The van der Waals surface area contributed by atoms with Gasteiger partial charge in [-0.05, 0) is 38.6 Å². The smallest absolute Gasteiger partial charge is 0.321 e. The summed E-state index contributed by atoms with van der Waals surface area (Å²) in [6.45, 7) is 5.82. The van der Waals surface area contributed by atoms with Crippen LogP contribution in [0, 0.1) is 0 Å². The number of piperidine rings is 1. The maximum absolute atomic E-state index is 12.5. The summed E-state index contributed by atoms with van der Waals surface area (Å²) in [6, 6.07) is 8.13. The number of piperazine rings is 1. The highest BCUT2D eigenvalue weighted by Gasteiger charge is 2.25. The van der Waals surface area contributed by atoms with Crippen LogP contribution in [0.3, 0.4) is 0 Å². The number of amides is 2. The van der Waals surface area contributed by atoms with Crippen molar-refractivity contribution in [3.63, 3.8) is 0 Å². The lowest BCUT2D eigenvalue weighted by Crippen LogP contribution is -2.53. The third-order valence-electron chi connectivity index (χ3n) is 5.37. The zero-order chi connectivity index (χ0) is 17.6. The molecule has 0 unspecified atom stereocenters. The molecule has 1 aromatic rings. The van der Waals surface area contributed by atoms with Gasteiger partial charge in [-0.3, -0.25) is 4.90 Å². The molecule has 2 saturated heterocycles. The molecule has 3 rings (SSSR count). The number of methoxy groups -OCH3 is 1. The summed E-state index contributed by atoms with van der Waals surface area (Å²) in [5, 5.41) is 2.97. The highest BCUT2D eigenvalue weighted by Crippen LogP contribution is 2.19. The number of nitrogens with zero attached hydrogens (tertiary/aromatic N) is 3. The second-order valence-electron chi connectivity index (χ2n) is 7.08. The van der Waals surface area contributed by atoms with Crippen molar-refractivity contribution in [1.82, 2.24) is 14.7 Å². The first kappa shape index (κ1) is 18.0. The predicted octanol–water partition coefficient (Wildman–Crippen LogP) is 2.33. The Morgan fingerprint density at radius 1 is 1.20 bits per heavy atom. The number of benzene rings is 1. The fraction of sp³-hybridized carbons (Fsp3) is 0.632. The summed E-state index contributed by atoms with van der Waals surface area (Å²) < 4.78 is 5.20. The van der Waals surface area contributed by atoms with Crippen LogP contribution in [-0.2, 0) is 0 Å². The number of likely N-dealkylation sites (N-methyl/N-ethyl adjacent to an activating group) is 1. The summed E-state index contributed by atoms with van der Waals surface area (Å²) >= 11 is 0. The van der Waals surface area contributed by atoms with Gasteiger partial charge >= 0.3 is 6.03 Å². The number of anilines is 1. The van der Waals surface area contributed by atoms with Crippen molar-refractivity contribution in [2.45, 2.75) is 25.3 Å². The molecule has 2 aliphatic heterocycles. The molecule has 0 aliphatic carbocycles. The van der Waals surface area contributed by atoms with Crippen molar-refractivity contribution in [2.75, 3.05) is 58.7 Å². The van der Waals surface area contributed by atoms with E-state index in [1.165, 1.54) is 25.8 Å². The minimum atomic E-state index is -0.0253.